The summed E-state index contributed by atoms with van der Waals surface area (Å²) in [5.41, 5.74) is 1.28. The summed E-state index contributed by atoms with van der Waals surface area (Å²) in [6.07, 6.45) is 7.09. The van der Waals surface area contributed by atoms with E-state index < -0.39 is 11.0 Å². The van der Waals surface area contributed by atoms with E-state index in [-0.39, 0.29) is 22.4 Å². The molecule has 1 N–H and O–H groups in total. The highest BCUT2D eigenvalue weighted by Gasteiger charge is 2.17. The molecule has 2 rings (SSSR count). The largest absolute Gasteiger partial charge is 0.479 e. The number of nitrogens with one attached hydrogen (secondary N) is 1. The lowest BCUT2D eigenvalue weighted by Gasteiger charge is -2.17. The predicted octanol–water partition coefficient (Wildman–Crippen LogP) is 4.02. The SMILES string of the molecule is C[C@@H](Oc1ccc([N+](=O)[O-])cc1Cl)C(=O)NCCC1=CCCCC1. The summed E-state index contributed by atoms with van der Waals surface area (Å²) in [7, 11) is 0. The highest BCUT2D eigenvalue weighted by molar-refractivity contribution is 6.32. The van der Waals surface area contributed by atoms with Crippen molar-refractivity contribution < 1.29 is 14.5 Å². The van der Waals surface area contributed by atoms with Gasteiger partial charge in [-0.05, 0) is 45.1 Å². The summed E-state index contributed by atoms with van der Waals surface area (Å²) in [5, 5.41) is 13.6. The monoisotopic (exact) mass is 352 g/mol. The number of nitrogens with zero attached hydrogens (tertiary/aromatic N) is 1. The number of halogens is 1. The molecule has 0 heterocycles. The van der Waals surface area contributed by atoms with Crippen LogP contribution in [0.2, 0.25) is 5.02 Å². The average Bonchev–Trinajstić information content (AvgIpc) is 2.57. The third-order valence-electron chi connectivity index (χ3n) is 3.93. The molecule has 0 fully saturated rings. The van der Waals surface area contributed by atoms with E-state index in [1.54, 1.807) is 6.92 Å². The molecule has 0 saturated heterocycles. The summed E-state index contributed by atoms with van der Waals surface area (Å²) in [6.45, 7) is 2.19. The number of amides is 1. The van der Waals surface area contributed by atoms with Gasteiger partial charge in [-0.2, -0.15) is 0 Å². The van der Waals surface area contributed by atoms with Crippen molar-refractivity contribution >= 4 is 23.2 Å². The highest BCUT2D eigenvalue weighted by atomic mass is 35.5. The molecule has 0 spiro atoms. The van der Waals surface area contributed by atoms with Crippen LogP contribution in [0.4, 0.5) is 5.69 Å². The molecule has 1 atom stereocenters. The Labute approximate surface area is 146 Å². The second-order valence-corrected chi connectivity index (χ2v) is 6.19. The molecular weight excluding hydrogens is 332 g/mol. The number of benzene rings is 1. The van der Waals surface area contributed by atoms with Gasteiger partial charge in [-0.3, -0.25) is 14.9 Å². The molecule has 0 bridgehead atoms. The molecule has 0 aromatic heterocycles. The van der Waals surface area contributed by atoms with E-state index in [2.05, 4.69) is 11.4 Å². The van der Waals surface area contributed by atoms with Gasteiger partial charge in [0.05, 0.1) is 9.95 Å². The Morgan fingerprint density at radius 1 is 1.46 bits per heavy atom. The zero-order valence-corrected chi connectivity index (χ0v) is 14.3. The molecule has 1 aliphatic carbocycles. The Bertz CT molecular complexity index is 645. The van der Waals surface area contributed by atoms with E-state index in [0.29, 0.717) is 6.54 Å². The van der Waals surface area contributed by atoms with Crippen LogP contribution in [0, 0.1) is 10.1 Å². The Balaban J connectivity index is 1.82. The molecule has 24 heavy (non-hydrogen) atoms. The van der Waals surface area contributed by atoms with Crippen LogP contribution in [-0.4, -0.2) is 23.5 Å². The van der Waals surface area contributed by atoms with Gasteiger partial charge in [0.15, 0.2) is 6.10 Å². The van der Waals surface area contributed by atoms with Crippen molar-refractivity contribution in [3.63, 3.8) is 0 Å². The number of ether oxygens (including phenoxy) is 1. The molecule has 1 aliphatic rings. The van der Waals surface area contributed by atoms with E-state index in [4.69, 9.17) is 16.3 Å². The van der Waals surface area contributed by atoms with Gasteiger partial charge in [0.1, 0.15) is 5.75 Å². The van der Waals surface area contributed by atoms with Crippen LogP contribution in [0.15, 0.2) is 29.8 Å². The predicted molar refractivity (Wildman–Crippen MR) is 92.4 cm³/mol. The molecule has 0 radical (unpaired) electrons. The number of rotatable bonds is 7. The number of non-ortho nitro benzene ring substituents is 1. The number of nitro benzene ring substituents is 1. The minimum absolute atomic E-state index is 0.108. The van der Waals surface area contributed by atoms with Gasteiger partial charge in [0.25, 0.3) is 11.6 Å². The van der Waals surface area contributed by atoms with Gasteiger partial charge < -0.3 is 10.1 Å². The van der Waals surface area contributed by atoms with Crippen LogP contribution in [0.25, 0.3) is 0 Å². The first-order valence-corrected chi connectivity index (χ1v) is 8.41. The Morgan fingerprint density at radius 3 is 2.88 bits per heavy atom. The van der Waals surface area contributed by atoms with Crippen molar-refractivity contribution in [1.29, 1.82) is 0 Å². The van der Waals surface area contributed by atoms with Crippen molar-refractivity contribution in [2.45, 2.75) is 45.1 Å². The number of nitro groups is 1. The molecule has 130 valence electrons. The van der Waals surface area contributed by atoms with E-state index in [0.717, 1.165) is 19.3 Å². The fourth-order valence-corrected chi connectivity index (χ4v) is 2.78. The maximum Gasteiger partial charge on any atom is 0.271 e. The van der Waals surface area contributed by atoms with E-state index >= 15 is 0 Å². The molecule has 1 aromatic rings. The van der Waals surface area contributed by atoms with Crippen LogP contribution in [-0.2, 0) is 4.79 Å². The van der Waals surface area contributed by atoms with Crippen LogP contribution in [0.3, 0.4) is 0 Å². The molecule has 0 unspecified atom stereocenters. The smallest absolute Gasteiger partial charge is 0.271 e. The third-order valence-corrected chi connectivity index (χ3v) is 4.22. The summed E-state index contributed by atoms with van der Waals surface area (Å²) in [5.74, 6) is 0.0146. The number of carbonyl (C=O) groups excluding carboxylic acids is 1. The van der Waals surface area contributed by atoms with Crippen molar-refractivity contribution in [3.05, 3.63) is 45.0 Å². The fourth-order valence-electron chi connectivity index (χ4n) is 2.56. The van der Waals surface area contributed by atoms with Gasteiger partial charge in [0, 0.05) is 18.7 Å². The van der Waals surface area contributed by atoms with Crippen molar-refractivity contribution in [2.24, 2.45) is 0 Å². The number of carbonyl (C=O) groups is 1. The normalized spacial score (nSPS) is 15.3. The maximum atomic E-state index is 12.1. The van der Waals surface area contributed by atoms with Crippen LogP contribution in [0.1, 0.15) is 39.0 Å². The van der Waals surface area contributed by atoms with Gasteiger partial charge in [-0.25, -0.2) is 0 Å². The Kier molecular flexibility index (Phi) is 6.61. The van der Waals surface area contributed by atoms with E-state index in [1.807, 2.05) is 0 Å². The lowest BCUT2D eigenvalue weighted by Crippen LogP contribution is -2.37. The first kappa shape index (κ1) is 18.3. The van der Waals surface area contributed by atoms with Crippen molar-refractivity contribution in [2.75, 3.05) is 6.54 Å². The fraction of sp³-hybridized carbons (Fsp3) is 0.471. The topological polar surface area (TPSA) is 81.5 Å². The highest BCUT2D eigenvalue weighted by Crippen LogP contribution is 2.29. The first-order valence-electron chi connectivity index (χ1n) is 8.03. The van der Waals surface area contributed by atoms with Crippen molar-refractivity contribution in [1.82, 2.24) is 5.32 Å². The molecular formula is C17H21ClN2O4. The minimum Gasteiger partial charge on any atom is -0.479 e. The summed E-state index contributed by atoms with van der Waals surface area (Å²) in [4.78, 5) is 22.2. The number of hydrogen-bond donors (Lipinski definition) is 1. The number of hydrogen-bond acceptors (Lipinski definition) is 4. The van der Waals surface area contributed by atoms with Gasteiger partial charge in [-0.1, -0.05) is 23.3 Å². The van der Waals surface area contributed by atoms with E-state index in [9.17, 15) is 14.9 Å². The zero-order chi connectivity index (χ0) is 17.5. The lowest BCUT2D eigenvalue weighted by atomic mass is 9.97. The second-order valence-electron chi connectivity index (χ2n) is 5.78. The minimum atomic E-state index is -0.732. The van der Waals surface area contributed by atoms with Crippen molar-refractivity contribution in [3.8, 4) is 5.75 Å². The average molecular weight is 353 g/mol. The summed E-state index contributed by atoms with van der Waals surface area (Å²) in [6, 6.07) is 3.90. The maximum absolute atomic E-state index is 12.1. The molecule has 0 aliphatic heterocycles. The number of allylic oxidation sites excluding steroid dienone is 1. The molecule has 1 aromatic carbocycles. The summed E-state index contributed by atoms with van der Waals surface area (Å²) < 4.78 is 5.50. The first-order chi connectivity index (χ1) is 11.5. The second kappa shape index (κ2) is 8.68. The van der Waals surface area contributed by atoms with Crippen LogP contribution in [0.5, 0.6) is 5.75 Å². The Hall–Kier alpha value is -2.08. The van der Waals surface area contributed by atoms with Gasteiger partial charge >= 0.3 is 0 Å². The Morgan fingerprint density at radius 2 is 2.25 bits per heavy atom. The molecule has 1 amide bonds. The zero-order valence-electron chi connectivity index (χ0n) is 13.6. The van der Waals surface area contributed by atoms with Gasteiger partial charge in [-0.15, -0.1) is 0 Å². The van der Waals surface area contributed by atoms with Gasteiger partial charge in [0.2, 0.25) is 0 Å². The molecule has 6 nitrogen and oxygen atoms in total. The van der Waals surface area contributed by atoms with Crippen LogP contribution >= 0.6 is 11.6 Å². The molecule has 0 saturated carbocycles. The summed E-state index contributed by atoms with van der Waals surface area (Å²) >= 11 is 5.96. The third kappa shape index (κ3) is 5.23. The lowest BCUT2D eigenvalue weighted by molar-refractivity contribution is -0.384. The standard InChI is InChI=1S/C17H21ClN2O4/c1-12(17(21)19-10-9-13-5-3-2-4-6-13)24-16-8-7-14(20(22)23)11-15(16)18/h5,7-8,11-12H,2-4,6,9-10H2,1H3,(H,19,21)/t12-/m1/s1. The molecule has 7 heteroatoms. The quantitative estimate of drug-likeness (QED) is 0.456. The van der Waals surface area contributed by atoms with Crippen LogP contribution < -0.4 is 10.1 Å². The van der Waals surface area contributed by atoms with E-state index in [1.165, 1.54) is 36.6 Å².